The third-order valence-corrected chi connectivity index (χ3v) is 5.18. The molecule has 0 radical (unpaired) electrons. The number of hydrogen-bond acceptors (Lipinski definition) is 3. The summed E-state index contributed by atoms with van der Waals surface area (Å²) in [6.45, 7) is 3.99. The van der Waals surface area contributed by atoms with Gasteiger partial charge in [0.2, 0.25) is 15.9 Å². The maximum absolute atomic E-state index is 12.2. The van der Waals surface area contributed by atoms with Crippen molar-refractivity contribution in [2.45, 2.75) is 26.7 Å². The zero-order chi connectivity index (χ0) is 18.4. The first-order valence-electron chi connectivity index (χ1n) is 8.24. The van der Waals surface area contributed by atoms with Gasteiger partial charge >= 0.3 is 0 Å². The summed E-state index contributed by atoms with van der Waals surface area (Å²) in [6.07, 6.45) is 1.97. The van der Waals surface area contributed by atoms with Crippen LogP contribution in [0.4, 0.5) is 11.4 Å². The maximum atomic E-state index is 12.2. The molecule has 0 heterocycles. The molecule has 5 nitrogen and oxygen atoms in total. The minimum absolute atomic E-state index is 0.0828. The number of hydrogen-bond donors (Lipinski definition) is 1. The average Bonchev–Trinajstić information content (AvgIpc) is 2.56. The standard InChI is InChI=1S/C19H24N2O3S/c1-4-16-10-6-8-12-18(16)21(25(3,23)24)14-13-19(22)20-17-11-7-5-9-15(17)2/h5-12H,4,13-14H2,1-3H3,(H,20,22). The Kier molecular flexibility index (Phi) is 6.20. The van der Waals surface area contributed by atoms with Gasteiger partial charge < -0.3 is 5.32 Å². The van der Waals surface area contributed by atoms with E-state index in [4.69, 9.17) is 0 Å². The number of sulfonamides is 1. The van der Waals surface area contributed by atoms with Crippen LogP contribution in [0.2, 0.25) is 0 Å². The quantitative estimate of drug-likeness (QED) is 0.823. The Bertz CT molecular complexity index is 847. The van der Waals surface area contributed by atoms with Gasteiger partial charge in [0.15, 0.2) is 0 Å². The molecular weight excluding hydrogens is 336 g/mol. The van der Waals surface area contributed by atoms with Crippen LogP contribution in [0.15, 0.2) is 48.5 Å². The van der Waals surface area contributed by atoms with Crippen LogP contribution in [0, 0.1) is 6.92 Å². The summed E-state index contributed by atoms with van der Waals surface area (Å²) in [6, 6.07) is 14.9. The van der Waals surface area contributed by atoms with Gasteiger partial charge in [-0.3, -0.25) is 9.10 Å². The summed E-state index contributed by atoms with van der Waals surface area (Å²) >= 11 is 0. The van der Waals surface area contributed by atoms with Crippen LogP contribution >= 0.6 is 0 Å². The lowest BCUT2D eigenvalue weighted by atomic mass is 10.1. The van der Waals surface area contributed by atoms with Crippen LogP contribution in [0.3, 0.4) is 0 Å². The fraction of sp³-hybridized carbons (Fsp3) is 0.316. The Morgan fingerprint density at radius 1 is 1.08 bits per heavy atom. The normalized spacial score (nSPS) is 11.2. The van der Waals surface area contributed by atoms with Gasteiger partial charge in [-0.1, -0.05) is 43.3 Å². The van der Waals surface area contributed by atoms with Crippen LogP contribution in [0.5, 0.6) is 0 Å². The number of anilines is 2. The smallest absolute Gasteiger partial charge is 0.232 e. The number of nitrogens with zero attached hydrogens (tertiary/aromatic N) is 1. The molecule has 1 amide bonds. The molecule has 0 saturated carbocycles. The summed E-state index contributed by atoms with van der Waals surface area (Å²) in [5.74, 6) is -0.211. The first kappa shape index (κ1) is 19.0. The molecule has 0 atom stereocenters. The van der Waals surface area contributed by atoms with E-state index in [0.717, 1.165) is 23.2 Å². The molecule has 2 aromatic carbocycles. The van der Waals surface area contributed by atoms with Crippen molar-refractivity contribution < 1.29 is 13.2 Å². The van der Waals surface area contributed by atoms with Crippen LogP contribution in [-0.4, -0.2) is 27.1 Å². The van der Waals surface area contributed by atoms with E-state index in [1.165, 1.54) is 10.6 Å². The van der Waals surface area contributed by atoms with Crippen LogP contribution in [-0.2, 0) is 21.2 Å². The highest BCUT2D eigenvalue weighted by atomic mass is 32.2. The lowest BCUT2D eigenvalue weighted by molar-refractivity contribution is -0.116. The number of carbonyl (C=O) groups excluding carboxylic acids is 1. The number of nitrogens with one attached hydrogen (secondary N) is 1. The molecule has 6 heteroatoms. The number of para-hydroxylation sites is 2. The van der Waals surface area contributed by atoms with Crippen molar-refractivity contribution in [3.05, 3.63) is 59.7 Å². The molecule has 2 rings (SSSR count). The van der Waals surface area contributed by atoms with E-state index < -0.39 is 10.0 Å². The van der Waals surface area contributed by atoms with Crippen molar-refractivity contribution in [2.75, 3.05) is 22.4 Å². The monoisotopic (exact) mass is 360 g/mol. The Labute approximate surface area is 149 Å². The van der Waals surface area contributed by atoms with Crippen molar-refractivity contribution in [1.29, 1.82) is 0 Å². The minimum atomic E-state index is -3.47. The van der Waals surface area contributed by atoms with E-state index in [1.54, 1.807) is 12.1 Å². The lowest BCUT2D eigenvalue weighted by Gasteiger charge is -2.24. The fourth-order valence-electron chi connectivity index (χ4n) is 2.65. The first-order chi connectivity index (χ1) is 11.8. The lowest BCUT2D eigenvalue weighted by Crippen LogP contribution is -2.33. The molecule has 0 aliphatic rings. The highest BCUT2D eigenvalue weighted by molar-refractivity contribution is 7.92. The Hall–Kier alpha value is -2.34. The molecule has 0 bridgehead atoms. The van der Waals surface area contributed by atoms with Crippen molar-refractivity contribution in [3.63, 3.8) is 0 Å². The SMILES string of the molecule is CCc1ccccc1N(CCC(=O)Nc1ccccc1C)S(C)(=O)=O. The largest absolute Gasteiger partial charge is 0.326 e. The predicted molar refractivity (Wildman–Crippen MR) is 102 cm³/mol. The van der Waals surface area contributed by atoms with Crippen LogP contribution < -0.4 is 9.62 Å². The van der Waals surface area contributed by atoms with E-state index in [9.17, 15) is 13.2 Å². The van der Waals surface area contributed by atoms with Gasteiger partial charge in [0.1, 0.15) is 0 Å². The topological polar surface area (TPSA) is 66.5 Å². The molecule has 134 valence electrons. The molecule has 0 unspecified atom stereocenters. The second-order valence-electron chi connectivity index (χ2n) is 5.93. The van der Waals surface area contributed by atoms with Gasteiger partial charge in [-0.2, -0.15) is 0 Å². The second kappa shape index (κ2) is 8.16. The Morgan fingerprint density at radius 3 is 2.36 bits per heavy atom. The van der Waals surface area contributed by atoms with Gasteiger partial charge in [0.25, 0.3) is 0 Å². The van der Waals surface area contributed by atoms with Crippen molar-refractivity contribution >= 4 is 27.3 Å². The second-order valence-corrected chi connectivity index (χ2v) is 7.84. The molecular formula is C19H24N2O3S. The summed E-state index contributed by atoms with van der Waals surface area (Å²) in [5, 5.41) is 2.84. The van der Waals surface area contributed by atoms with Gasteiger partial charge in [0, 0.05) is 18.7 Å². The third-order valence-electron chi connectivity index (χ3n) is 4.00. The number of amides is 1. The Balaban J connectivity index is 2.14. The van der Waals surface area contributed by atoms with E-state index >= 15 is 0 Å². The zero-order valence-corrected chi connectivity index (χ0v) is 15.6. The highest BCUT2D eigenvalue weighted by Gasteiger charge is 2.20. The number of aryl methyl sites for hydroxylation is 2. The van der Waals surface area contributed by atoms with E-state index in [1.807, 2.05) is 50.2 Å². The van der Waals surface area contributed by atoms with Gasteiger partial charge in [-0.15, -0.1) is 0 Å². The van der Waals surface area contributed by atoms with Crippen molar-refractivity contribution in [3.8, 4) is 0 Å². The summed E-state index contributed by atoms with van der Waals surface area (Å²) in [4.78, 5) is 12.2. The van der Waals surface area contributed by atoms with Crippen LogP contribution in [0.25, 0.3) is 0 Å². The van der Waals surface area contributed by atoms with E-state index in [-0.39, 0.29) is 18.9 Å². The van der Waals surface area contributed by atoms with Crippen molar-refractivity contribution in [1.82, 2.24) is 0 Å². The molecule has 0 fully saturated rings. The summed E-state index contributed by atoms with van der Waals surface area (Å²) < 4.78 is 25.7. The third kappa shape index (κ3) is 5.06. The number of rotatable bonds is 7. The average molecular weight is 360 g/mol. The number of carbonyl (C=O) groups is 1. The predicted octanol–water partition coefficient (Wildman–Crippen LogP) is 3.35. The van der Waals surface area contributed by atoms with E-state index in [0.29, 0.717) is 5.69 Å². The number of benzene rings is 2. The summed E-state index contributed by atoms with van der Waals surface area (Å²) in [5.41, 5.74) is 3.28. The zero-order valence-electron chi connectivity index (χ0n) is 14.8. The molecule has 25 heavy (non-hydrogen) atoms. The van der Waals surface area contributed by atoms with Gasteiger partial charge in [-0.05, 0) is 36.6 Å². The molecule has 1 N–H and O–H groups in total. The van der Waals surface area contributed by atoms with E-state index in [2.05, 4.69) is 5.32 Å². The van der Waals surface area contributed by atoms with Gasteiger partial charge in [-0.25, -0.2) is 8.42 Å². The fourth-order valence-corrected chi connectivity index (χ4v) is 3.61. The Morgan fingerprint density at radius 2 is 1.72 bits per heavy atom. The van der Waals surface area contributed by atoms with Gasteiger partial charge in [0.05, 0.1) is 11.9 Å². The van der Waals surface area contributed by atoms with Crippen molar-refractivity contribution in [2.24, 2.45) is 0 Å². The maximum Gasteiger partial charge on any atom is 0.232 e. The molecule has 2 aromatic rings. The first-order valence-corrected chi connectivity index (χ1v) is 10.1. The van der Waals surface area contributed by atoms with Crippen LogP contribution in [0.1, 0.15) is 24.5 Å². The molecule has 0 spiro atoms. The molecule has 0 aliphatic heterocycles. The summed E-state index contributed by atoms with van der Waals surface area (Å²) in [7, 11) is -3.47. The highest BCUT2D eigenvalue weighted by Crippen LogP contribution is 2.24. The minimum Gasteiger partial charge on any atom is -0.326 e. The molecule has 0 aliphatic carbocycles. The molecule has 0 aromatic heterocycles. The molecule has 0 saturated heterocycles.